The number of sulfonamides is 1. The van der Waals surface area contributed by atoms with Crippen molar-refractivity contribution in [2.24, 2.45) is 0 Å². The van der Waals surface area contributed by atoms with E-state index in [1.807, 2.05) is 12.1 Å². The van der Waals surface area contributed by atoms with Crippen LogP contribution in [0.2, 0.25) is 0 Å². The van der Waals surface area contributed by atoms with Crippen LogP contribution >= 0.6 is 0 Å². The van der Waals surface area contributed by atoms with Crippen LogP contribution in [-0.2, 0) is 14.8 Å². The molecule has 0 spiro atoms. The van der Waals surface area contributed by atoms with E-state index in [0.717, 1.165) is 10.5 Å². The number of ether oxygens (including phenoxy) is 1. The van der Waals surface area contributed by atoms with E-state index in [2.05, 4.69) is 19.2 Å². The molecule has 2 aromatic carbocycles. The first kappa shape index (κ1) is 21.3. The van der Waals surface area contributed by atoms with E-state index in [0.29, 0.717) is 23.8 Å². The van der Waals surface area contributed by atoms with Gasteiger partial charge in [-0.15, -0.1) is 0 Å². The number of amides is 3. The number of hydrogen-bond donors (Lipinski definition) is 1. The molecule has 2 aliphatic heterocycles. The number of carbonyl (C=O) groups is 2. The Bertz CT molecular complexity index is 1100. The second-order valence-corrected chi connectivity index (χ2v) is 9.89. The van der Waals surface area contributed by atoms with Gasteiger partial charge in [0.05, 0.1) is 23.7 Å². The molecule has 2 saturated heterocycles. The minimum absolute atomic E-state index is 0.0755. The van der Waals surface area contributed by atoms with Crippen LogP contribution in [0.5, 0.6) is 5.75 Å². The molecule has 0 aliphatic carbocycles. The number of methoxy groups -OCH3 is 1. The van der Waals surface area contributed by atoms with Crippen LogP contribution in [0.3, 0.4) is 0 Å². The summed E-state index contributed by atoms with van der Waals surface area (Å²) in [5.74, 6) is 0.306. The molecule has 2 fully saturated rings. The number of fused-ring (bicyclic) bond motifs is 1. The molecule has 2 heterocycles. The highest BCUT2D eigenvalue weighted by Crippen LogP contribution is 2.32. The predicted octanol–water partition coefficient (Wildman–Crippen LogP) is 2.71. The summed E-state index contributed by atoms with van der Waals surface area (Å²) in [5.41, 5.74) is 1.50. The highest BCUT2D eigenvalue weighted by Gasteiger charge is 2.52. The quantitative estimate of drug-likeness (QED) is 0.767. The molecule has 0 saturated carbocycles. The van der Waals surface area contributed by atoms with Gasteiger partial charge in [0.15, 0.2) is 0 Å². The molecule has 4 rings (SSSR count). The van der Waals surface area contributed by atoms with E-state index in [4.69, 9.17) is 4.74 Å². The normalized spacial score (nSPS) is 21.9. The lowest BCUT2D eigenvalue weighted by Crippen LogP contribution is -2.64. The van der Waals surface area contributed by atoms with Crippen molar-refractivity contribution in [3.05, 3.63) is 54.1 Å². The Balaban J connectivity index is 1.65. The van der Waals surface area contributed by atoms with Crippen molar-refractivity contribution in [3.63, 3.8) is 0 Å². The molecule has 0 aromatic heterocycles. The Labute approximate surface area is 181 Å². The number of anilines is 1. The molecule has 3 amide bonds. The fraction of sp³-hybridized carbons (Fsp3) is 0.364. The van der Waals surface area contributed by atoms with Crippen LogP contribution in [0.1, 0.15) is 31.7 Å². The second-order valence-electron chi connectivity index (χ2n) is 8.00. The fourth-order valence-corrected chi connectivity index (χ4v) is 5.70. The van der Waals surface area contributed by atoms with Crippen LogP contribution in [0.15, 0.2) is 53.4 Å². The van der Waals surface area contributed by atoms with Gasteiger partial charge in [0, 0.05) is 6.54 Å². The molecular formula is C22H25N3O5S. The lowest BCUT2D eigenvalue weighted by molar-refractivity contribution is -0.122. The lowest BCUT2D eigenvalue weighted by Gasteiger charge is -2.36. The smallest absolute Gasteiger partial charge is 0.329 e. The molecule has 2 aliphatic rings. The van der Waals surface area contributed by atoms with Gasteiger partial charge in [-0.1, -0.05) is 26.0 Å². The average molecular weight is 444 g/mol. The maximum absolute atomic E-state index is 13.4. The average Bonchev–Trinajstić information content (AvgIpc) is 3.19. The molecule has 0 bridgehead atoms. The molecule has 2 atom stereocenters. The van der Waals surface area contributed by atoms with Crippen molar-refractivity contribution >= 4 is 27.6 Å². The molecular weight excluding hydrogens is 418 g/mol. The third-order valence-electron chi connectivity index (χ3n) is 5.82. The lowest BCUT2D eigenvalue weighted by atomic mass is 10.0. The Morgan fingerprint density at radius 3 is 2.26 bits per heavy atom. The summed E-state index contributed by atoms with van der Waals surface area (Å²) in [6.45, 7) is 4.26. The van der Waals surface area contributed by atoms with Crippen molar-refractivity contribution < 1.29 is 22.7 Å². The van der Waals surface area contributed by atoms with E-state index < -0.39 is 34.0 Å². The Morgan fingerprint density at radius 2 is 1.68 bits per heavy atom. The molecule has 9 heteroatoms. The van der Waals surface area contributed by atoms with Gasteiger partial charge in [-0.3, -0.25) is 4.79 Å². The zero-order valence-electron chi connectivity index (χ0n) is 17.6. The summed E-state index contributed by atoms with van der Waals surface area (Å²) in [6, 6.07) is 11.1. The van der Waals surface area contributed by atoms with E-state index in [9.17, 15) is 18.0 Å². The van der Waals surface area contributed by atoms with Gasteiger partial charge in [0.25, 0.3) is 5.91 Å². The highest BCUT2D eigenvalue weighted by atomic mass is 32.2. The topological polar surface area (TPSA) is 96.0 Å². The van der Waals surface area contributed by atoms with Gasteiger partial charge < -0.3 is 10.1 Å². The molecule has 164 valence electrons. The van der Waals surface area contributed by atoms with Crippen LogP contribution in [-0.4, -0.2) is 50.4 Å². The predicted molar refractivity (Wildman–Crippen MR) is 116 cm³/mol. The minimum Gasteiger partial charge on any atom is -0.497 e. The maximum atomic E-state index is 13.4. The Kier molecular flexibility index (Phi) is 5.49. The second kappa shape index (κ2) is 7.97. The highest BCUT2D eigenvalue weighted by molar-refractivity contribution is 7.89. The summed E-state index contributed by atoms with van der Waals surface area (Å²) < 4.78 is 32.8. The van der Waals surface area contributed by atoms with Crippen molar-refractivity contribution in [2.75, 3.05) is 18.6 Å². The van der Waals surface area contributed by atoms with Crippen LogP contribution in [0.4, 0.5) is 10.5 Å². The number of hydrogen-bond acceptors (Lipinski definition) is 5. The Hall–Kier alpha value is -2.91. The molecule has 2 aromatic rings. The van der Waals surface area contributed by atoms with Gasteiger partial charge in [0.2, 0.25) is 10.0 Å². The zero-order chi connectivity index (χ0) is 22.3. The molecule has 8 nitrogen and oxygen atoms in total. The van der Waals surface area contributed by atoms with Crippen LogP contribution < -0.4 is 15.0 Å². The number of nitrogens with one attached hydrogen (secondary N) is 1. The largest absolute Gasteiger partial charge is 0.497 e. The van der Waals surface area contributed by atoms with Gasteiger partial charge in [-0.05, 0) is 54.3 Å². The third kappa shape index (κ3) is 3.68. The maximum Gasteiger partial charge on any atom is 0.329 e. The van der Waals surface area contributed by atoms with Crippen molar-refractivity contribution in [3.8, 4) is 5.75 Å². The van der Waals surface area contributed by atoms with Gasteiger partial charge in [0.1, 0.15) is 11.8 Å². The standard InChI is InChI=1S/C22H25N3O5S/c1-14(2)15-4-6-16(7-5-15)25-21(26)20-19(23-22(25)27)12-13-24(20)31(28,29)18-10-8-17(30-3)9-11-18/h4-11,14,19-20H,12-13H2,1-3H3,(H,23,27). The molecule has 0 radical (unpaired) electrons. The summed E-state index contributed by atoms with van der Waals surface area (Å²) in [5, 5.41) is 2.81. The Morgan fingerprint density at radius 1 is 1.03 bits per heavy atom. The summed E-state index contributed by atoms with van der Waals surface area (Å²) in [4.78, 5) is 27.2. The first-order valence-corrected chi connectivity index (χ1v) is 11.6. The number of urea groups is 1. The minimum atomic E-state index is -3.93. The van der Waals surface area contributed by atoms with Crippen molar-refractivity contribution in [1.29, 1.82) is 0 Å². The van der Waals surface area contributed by atoms with E-state index in [1.165, 1.54) is 23.5 Å². The summed E-state index contributed by atoms with van der Waals surface area (Å²) in [6.07, 6.45) is 0.373. The van der Waals surface area contributed by atoms with Crippen molar-refractivity contribution in [1.82, 2.24) is 9.62 Å². The number of carbonyl (C=O) groups excluding carboxylic acids is 2. The molecule has 31 heavy (non-hydrogen) atoms. The summed E-state index contributed by atoms with van der Waals surface area (Å²) >= 11 is 0. The van der Waals surface area contributed by atoms with E-state index in [1.54, 1.807) is 24.3 Å². The van der Waals surface area contributed by atoms with E-state index in [-0.39, 0.29) is 11.4 Å². The number of nitrogens with zero attached hydrogens (tertiary/aromatic N) is 2. The fourth-order valence-electron chi connectivity index (χ4n) is 4.07. The van der Waals surface area contributed by atoms with Crippen LogP contribution in [0.25, 0.3) is 0 Å². The number of rotatable bonds is 5. The zero-order valence-corrected chi connectivity index (χ0v) is 18.4. The number of benzene rings is 2. The summed E-state index contributed by atoms with van der Waals surface area (Å²) in [7, 11) is -2.43. The SMILES string of the molecule is COc1ccc(S(=O)(=O)N2CCC3NC(=O)N(c4ccc(C(C)C)cc4)C(=O)C32)cc1. The molecule has 1 N–H and O–H groups in total. The van der Waals surface area contributed by atoms with Crippen molar-refractivity contribution in [2.45, 2.75) is 43.2 Å². The number of imide groups is 1. The van der Waals surface area contributed by atoms with Crippen LogP contribution in [0, 0.1) is 0 Å². The third-order valence-corrected chi connectivity index (χ3v) is 7.72. The monoisotopic (exact) mass is 443 g/mol. The van der Waals surface area contributed by atoms with Gasteiger partial charge in [-0.2, -0.15) is 4.31 Å². The van der Waals surface area contributed by atoms with E-state index >= 15 is 0 Å². The van der Waals surface area contributed by atoms with Gasteiger partial charge >= 0.3 is 6.03 Å². The first-order valence-electron chi connectivity index (χ1n) is 10.1. The first-order chi connectivity index (χ1) is 14.7. The molecule has 2 unspecified atom stereocenters. The van der Waals surface area contributed by atoms with Gasteiger partial charge in [-0.25, -0.2) is 18.1 Å².